The maximum Gasteiger partial charge on any atom is 0.0900 e. The van der Waals surface area contributed by atoms with Crippen LogP contribution in [0.3, 0.4) is 0 Å². The summed E-state index contributed by atoms with van der Waals surface area (Å²) in [6.07, 6.45) is -0.451. The van der Waals surface area contributed by atoms with Crippen molar-refractivity contribution in [2.24, 2.45) is 5.92 Å². The van der Waals surface area contributed by atoms with Crippen LogP contribution >= 0.6 is 0 Å². The van der Waals surface area contributed by atoms with Gasteiger partial charge in [0.05, 0.1) is 19.3 Å². The van der Waals surface area contributed by atoms with E-state index >= 15 is 0 Å². The van der Waals surface area contributed by atoms with Gasteiger partial charge in [-0.1, -0.05) is 30.3 Å². The molecule has 0 aromatic heterocycles. The molecule has 1 atom stereocenters. The summed E-state index contributed by atoms with van der Waals surface area (Å²) in [6, 6.07) is 9.94. The van der Waals surface area contributed by atoms with E-state index in [1.807, 2.05) is 30.3 Å². The van der Waals surface area contributed by atoms with Crippen molar-refractivity contribution in [1.82, 2.24) is 4.90 Å². The third kappa shape index (κ3) is 4.07. The zero-order valence-corrected chi connectivity index (χ0v) is 10.5. The van der Waals surface area contributed by atoms with E-state index in [2.05, 4.69) is 4.90 Å². The summed E-state index contributed by atoms with van der Waals surface area (Å²) in [5, 5.41) is 18.7. The van der Waals surface area contributed by atoms with E-state index in [1.54, 1.807) is 0 Å². The fourth-order valence-corrected chi connectivity index (χ4v) is 2.18. The van der Waals surface area contributed by atoms with Crippen molar-refractivity contribution in [3.63, 3.8) is 0 Å². The molecule has 1 saturated heterocycles. The van der Waals surface area contributed by atoms with Crippen molar-refractivity contribution < 1.29 is 14.9 Å². The first kappa shape index (κ1) is 13.5. The number of likely N-dealkylation sites (tertiary alicyclic amines) is 1. The van der Waals surface area contributed by atoms with Crippen LogP contribution in [0.2, 0.25) is 0 Å². The predicted molar refractivity (Wildman–Crippen MR) is 69.1 cm³/mol. The van der Waals surface area contributed by atoms with Crippen molar-refractivity contribution in [1.29, 1.82) is 0 Å². The summed E-state index contributed by atoms with van der Waals surface area (Å²) < 4.78 is 5.48. The third-order valence-electron chi connectivity index (χ3n) is 3.18. The number of ether oxygens (including phenoxy) is 1. The number of hydrogen-bond donors (Lipinski definition) is 2. The Morgan fingerprint density at radius 2 is 2.00 bits per heavy atom. The van der Waals surface area contributed by atoms with E-state index in [1.165, 1.54) is 0 Å². The summed E-state index contributed by atoms with van der Waals surface area (Å²) in [5.41, 5.74) is 1.12. The molecular weight excluding hydrogens is 230 g/mol. The Hall–Kier alpha value is -0.940. The number of β-amino-alcohol motifs (C(OH)–C–C–N with tert-alkyl or cyclic N) is 1. The van der Waals surface area contributed by atoms with E-state index in [0.29, 0.717) is 25.7 Å². The molecule has 1 fully saturated rings. The third-order valence-corrected chi connectivity index (χ3v) is 3.18. The van der Waals surface area contributed by atoms with Crippen LogP contribution in [0.1, 0.15) is 5.56 Å². The molecule has 0 bridgehead atoms. The summed E-state index contributed by atoms with van der Waals surface area (Å²) in [6.45, 7) is 3.53. The number of aliphatic hydroxyl groups excluding tert-OH is 2. The zero-order chi connectivity index (χ0) is 12.8. The van der Waals surface area contributed by atoms with Crippen LogP contribution in [-0.4, -0.2) is 54.1 Å². The fourth-order valence-electron chi connectivity index (χ4n) is 2.18. The highest BCUT2D eigenvalue weighted by molar-refractivity contribution is 5.13. The van der Waals surface area contributed by atoms with Crippen LogP contribution in [0.4, 0.5) is 0 Å². The highest BCUT2D eigenvalue weighted by Gasteiger charge is 2.27. The molecule has 0 radical (unpaired) electrons. The molecule has 1 aliphatic rings. The highest BCUT2D eigenvalue weighted by atomic mass is 16.5. The van der Waals surface area contributed by atoms with Gasteiger partial charge in [-0.05, 0) is 5.56 Å². The molecule has 0 saturated carbocycles. The first-order valence-corrected chi connectivity index (χ1v) is 6.41. The van der Waals surface area contributed by atoms with Crippen molar-refractivity contribution in [3.05, 3.63) is 35.9 Å². The Labute approximate surface area is 108 Å². The van der Waals surface area contributed by atoms with Crippen LogP contribution < -0.4 is 0 Å². The molecule has 1 heterocycles. The molecule has 2 N–H and O–H groups in total. The van der Waals surface area contributed by atoms with Gasteiger partial charge in [0.2, 0.25) is 0 Å². The number of rotatable bonds is 7. The molecule has 100 valence electrons. The van der Waals surface area contributed by atoms with Gasteiger partial charge in [-0.15, -0.1) is 0 Å². The van der Waals surface area contributed by atoms with Crippen LogP contribution in [-0.2, 0) is 11.3 Å². The lowest BCUT2D eigenvalue weighted by Gasteiger charge is -2.39. The Bertz CT molecular complexity index is 338. The number of aliphatic hydroxyl groups is 2. The van der Waals surface area contributed by atoms with Crippen LogP contribution in [0.25, 0.3) is 0 Å². The SMILES string of the molecule is OCC1CN(CC(O)COCc2ccccc2)C1. The van der Waals surface area contributed by atoms with Crippen LogP contribution in [0.5, 0.6) is 0 Å². The van der Waals surface area contributed by atoms with Crippen LogP contribution in [0.15, 0.2) is 30.3 Å². The fraction of sp³-hybridized carbons (Fsp3) is 0.571. The first-order chi connectivity index (χ1) is 8.78. The Balaban J connectivity index is 1.57. The molecule has 2 rings (SSSR count). The van der Waals surface area contributed by atoms with Crippen LogP contribution in [0, 0.1) is 5.92 Å². The van der Waals surface area contributed by atoms with E-state index in [0.717, 1.165) is 18.7 Å². The Morgan fingerprint density at radius 1 is 1.28 bits per heavy atom. The molecule has 0 spiro atoms. The monoisotopic (exact) mass is 251 g/mol. The number of benzene rings is 1. The molecule has 4 nitrogen and oxygen atoms in total. The number of hydrogen-bond acceptors (Lipinski definition) is 4. The molecule has 0 aliphatic carbocycles. The highest BCUT2D eigenvalue weighted by Crippen LogP contribution is 2.14. The summed E-state index contributed by atoms with van der Waals surface area (Å²) in [7, 11) is 0. The zero-order valence-electron chi connectivity index (χ0n) is 10.5. The standard InChI is InChI=1S/C14H21NO3/c16-9-13-6-15(7-13)8-14(17)11-18-10-12-4-2-1-3-5-12/h1-5,13-14,16-17H,6-11H2. The minimum absolute atomic E-state index is 0.247. The van der Waals surface area contributed by atoms with E-state index in [4.69, 9.17) is 9.84 Å². The average molecular weight is 251 g/mol. The minimum Gasteiger partial charge on any atom is -0.396 e. The first-order valence-electron chi connectivity index (χ1n) is 6.41. The lowest BCUT2D eigenvalue weighted by molar-refractivity contribution is -0.0229. The topological polar surface area (TPSA) is 52.9 Å². The van der Waals surface area contributed by atoms with Gasteiger partial charge in [-0.3, -0.25) is 4.90 Å². The largest absolute Gasteiger partial charge is 0.396 e. The van der Waals surface area contributed by atoms with Crippen molar-refractivity contribution in [2.75, 3.05) is 32.8 Å². The van der Waals surface area contributed by atoms with Crippen molar-refractivity contribution in [3.8, 4) is 0 Å². The summed E-state index contributed by atoms with van der Waals surface area (Å²) in [5.74, 6) is 0.391. The lowest BCUT2D eigenvalue weighted by atomic mass is 10.0. The van der Waals surface area contributed by atoms with Gasteiger partial charge >= 0.3 is 0 Å². The van der Waals surface area contributed by atoms with Gasteiger partial charge in [-0.2, -0.15) is 0 Å². The van der Waals surface area contributed by atoms with Gasteiger partial charge in [0.1, 0.15) is 0 Å². The normalized spacial score (nSPS) is 18.6. The Morgan fingerprint density at radius 3 is 2.67 bits per heavy atom. The van der Waals surface area contributed by atoms with E-state index < -0.39 is 6.10 Å². The minimum atomic E-state index is -0.451. The Kier molecular flexibility index (Phi) is 5.13. The molecule has 1 aromatic rings. The van der Waals surface area contributed by atoms with E-state index in [-0.39, 0.29) is 6.61 Å². The van der Waals surface area contributed by atoms with Gasteiger partial charge < -0.3 is 14.9 Å². The second kappa shape index (κ2) is 6.85. The summed E-state index contributed by atoms with van der Waals surface area (Å²) >= 11 is 0. The molecule has 0 amide bonds. The second-order valence-electron chi connectivity index (χ2n) is 4.92. The molecule has 1 aromatic carbocycles. The predicted octanol–water partition coefficient (Wildman–Crippen LogP) is 0.488. The lowest BCUT2D eigenvalue weighted by Crippen LogP contribution is -2.51. The maximum absolute atomic E-state index is 9.79. The molecule has 1 aliphatic heterocycles. The quantitative estimate of drug-likeness (QED) is 0.740. The molecule has 4 heteroatoms. The average Bonchev–Trinajstić information content (AvgIpc) is 2.34. The van der Waals surface area contributed by atoms with Gasteiger partial charge in [-0.25, -0.2) is 0 Å². The molecule has 1 unspecified atom stereocenters. The van der Waals surface area contributed by atoms with E-state index in [9.17, 15) is 5.11 Å². The molecular formula is C14H21NO3. The van der Waals surface area contributed by atoms with Gasteiger partial charge in [0.15, 0.2) is 0 Å². The number of nitrogens with zero attached hydrogens (tertiary/aromatic N) is 1. The van der Waals surface area contributed by atoms with Gasteiger partial charge in [0, 0.05) is 32.2 Å². The van der Waals surface area contributed by atoms with Crippen molar-refractivity contribution in [2.45, 2.75) is 12.7 Å². The maximum atomic E-state index is 9.79. The smallest absolute Gasteiger partial charge is 0.0900 e. The van der Waals surface area contributed by atoms with Gasteiger partial charge in [0.25, 0.3) is 0 Å². The molecule has 18 heavy (non-hydrogen) atoms. The summed E-state index contributed by atoms with van der Waals surface area (Å²) in [4.78, 5) is 2.14. The van der Waals surface area contributed by atoms with Crippen molar-refractivity contribution >= 4 is 0 Å². The second-order valence-corrected chi connectivity index (χ2v) is 4.92.